The van der Waals surface area contributed by atoms with Gasteiger partial charge in [0.25, 0.3) is 11.7 Å². The number of carbonyl (C=O) groups excluding carboxylic acids is 2. The molecule has 2 aromatic rings. The van der Waals surface area contributed by atoms with Crippen molar-refractivity contribution in [3.05, 3.63) is 70.3 Å². The quantitative estimate of drug-likeness (QED) is 0.380. The lowest BCUT2D eigenvalue weighted by molar-refractivity contribution is -0.141. The van der Waals surface area contributed by atoms with Gasteiger partial charge in [0.1, 0.15) is 11.5 Å². The third-order valence-electron chi connectivity index (χ3n) is 6.65. The van der Waals surface area contributed by atoms with Crippen LogP contribution in [0.1, 0.15) is 67.8 Å². The van der Waals surface area contributed by atoms with Crippen molar-refractivity contribution in [2.45, 2.75) is 65.0 Å². The summed E-state index contributed by atoms with van der Waals surface area (Å²) in [6.45, 7) is 6.46. The van der Waals surface area contributed by atoms with E-state index in [0.717, 1.165) is 49.0 Å². The predicted molar refractivity (Wildman–Crippen MR) is 125 cm³/mol. The number of carbonyl (C=O) groups is 2. The van der Waals surface area contributed by atoms with Crippen LogP contribution in [0.2, 0.25) is 0 Å². The highest BCUT2D eigenvalue weighted by Crippen LogP contribution is 2.43. The number of rotatable bonds is 6. The number of aliphatic hydroxyl groups excluding tert-OH is 1. The molecule has 1 aliphatic heterocycles. The van der Waals surface area contributed by atoms with Gasteiger partial charge < -0.3 is 14.7 Å². The minimum atomic E-state index is -0.606. The topological polar surface area (TPSA) is 66.8 Å². The number of amides is 1. The Balaban J connectivity index is 1.84. The molecule has 32 heavy (non-hydrogen) atoms. The maximum Gasteiger partial charge on any atom is 0.295 e. The van der Waals surface area contributed by atoms with Crippen LogP contribution in [0.5, 0.6) is 5.75 Å². The van der Waals surface area contributed by atoms with Gasteiger partial charge in [0.05, 0.1) is 18.2 Å². The van der Waals surface area contributed by atoms with Crippen LogP contribution in [-0.4, -0.2) is 34.3 Å². The lowest BCUT2D eigenvalue weighted by Gasteiger charge is -2.31. The second-order valence-corrected chi connectivity index (χ2v) is 8.65. The van der Waals surface area contributed by atoms with Crippen LogP contribution in [0, 0.1) is 6.92 Å². The van der Waals surface area contributed by atoms with Gasteiger partial charge in [0.2, 0.25) is 0 Å². The average molecular weight is 434 g/mol. The van der Waals surface area contributed by atoms with Crippen molar-refractivity contribution >= 4 is 17.4 Å². The molecule has 0 radical (unpaired) electrons. The summed E-state index contributed by atoms with van der Waals surface area (Å²) in [5.74, 6) is -0.502. The van der Waals surface area contributed by atoms with E-state index in [1.807, 2.05) is 38.1 Å². The van der Waals surface area contributed by atoms with Gasteiger partial charge in [-0.05, 0) is 68.0 Å². The van der Waals surface area contributed by atoms with Crippen LogP contribution in [-0.2, 0) is 16.0 Å². The molecule has 0 bridgehead atoms. The second-order valence-electron chi connectivity index (χ2n) is 8.65. The first-order valence-electron chi connectivity index (χ1n) is 11.6. The van der Waals surface area contributed by atoms with Crippen LogP contribution in [0.15, 0.2) is 48.0 Å². The summed E-state index contributed by atoms with van der Waals surface area (Å²) in [7, 11) is 0. The second kappa shape index (κ2) is 9.19. The fourth-order valence-corrected chi connectivity index (χ4v) is 4.94. The fraction of sp³-hybridized carbons (Fsp3) is 0.407. The van der Waals surface area contributed by atoms with E-state index in [2.05, 4.69) is 6.92 Å². The molecule has 1 amide bonds. The van der Waals surface area contributed by atoms with E-state index in [0.29, 0.717) is 12.2 Å². The highest BCUT2D eigenvalue weighted by Gasteiger charge is 2.49. The summed E-state index contributed by atoms with van der Waals surface area (Å²) in [5, 5.41) is 11.3. The molecular formula is C27H31NO4. The Morgan fingerprint density at radius 1 is 1.06 bits per heavy atom. The molecule has 2 aromatic carbocycles. The molecule has 1 unspecified atom stereocenters. The van der Waals surface area contributed by atoms with Gasteiger partial charge in [-0.3, -0.25) is 9.59 Å². The lowest BCUT2D eigenvalue weighted by Crippen LogP contribution is -2.37. The lowest BCUT2D eigenvalue weighted by atomic mass is 9.93. The van der Waals surface area contributed by atoms with E-state index in [9.17, 15) is 14.7 Å². The number of hydrogen-bond acceptors (Lipinski definition) is 4. The minimum Gasteiger partial charge on any atom is -0.507 e. The fourth-order valence-electron chi connectivity index (χ4n) is 4.94. The number of hydrogen-bond donors (Lipinski definition) is 1. The molecule has 168 valence electrons. The number of ketones is 1. The van der Waals surface area contributed by atoms with E-state index in [1.165, 1.54) is 5.56 Å². The molecular weight excluding hydrogens is 402 g/mol. The zero-order chi connectivity index (χ0) is 22.8. The molecule has 0 aromatic heterocycles. The van der Waals surface area contributed by atoms with Crippen molar-refractivity contribution < 1.29 is 19.4 Å². The number of likely N-dealkylation sites (tertiary alicyclic amines) is 1. The van der Waals surface area contributed by atoms with Crippen LogP contribution in [0.25, 0.3) is 5.76 Å². The van der Waals surface area contributed by atoms with E-state index in [4.69, 9.17) is 4.74 Å². The SMILES string of the molecule is CCOc1ccc(/C(O)=C2/C(=O)C(=O)N(C3CCCC3)C2c2ccc(CC)cc2)cc1C. The zero-order valence-electron chi connectivity index (χ0n) is 19.1. The Morgan fingerprint density at radius 2 is 1.75 bits per heavy atom. The monoisotopic (exact) mass is 433 g/mol. The molecule has 2 fully saturated rings. The number of nitrogens with zero attached hydrogens (tertiary/aromatic N) is 1. The highest BCUT2D eigenvalue weighted by atomic mass is 16.5. The normalized spacial score (nSPS) is 20.8. The Kier molecular flexibility index (Phi) is 6.35. The molecule has 2 aliphatic rings. The smallest absolute Gasteiger partial charge is 0.295 e. The van der Waals surface area contributed by atoms with Gasteiger partial charge in [0.15, 0.2) is 0 Å². The molecule has 1 atom stereocenters. The van der Waals surface area contributed by atoms with Gasteiger partial charge in [0, 0.05) is 11.6 Å². The third kappa shape index (κ3) is 3.92. The van der Waals surface area contributed by atoms with Crippen LogP contribution >= 0.6 is 0 Å². The Hall–Kier alpha value is -3.08. The number of benzene rings is 2. The summed E-state index contributed by atoms with van der Waals surface area (Å²) in [6.07, 6.45) is 4.78. The number of aliphatic hydroxyl groups is 1. The predicted octanol–water partition coefficient (Wildman–Crippen LogP) is 5.32. The van der Waals surface area contributed by atoms with Crippen LogP contribution in [0.3, 0.4) is 0 Å². The summed E-state index contributed by atoms with van der Waals surface area (Å²) in [4.78, 5) is 28.1. The maximum absolute atomic E-state index is 13.2. The van der Waals surface area contributed by atoms with Gasteiger partial charge in [-0.25, -0.2) is 0 Å². The van der Waals surface area contributed by atoms with E-state index in [-0.39, 0.29) is 17.4 Å². The number of Topliss-reactive ketones (excluding diaryl/α,β-unsaturated/α-hetero) is 1. The summed E-state index contributed by atoms with van der Waals surface area (Å²) in [5.41, 5.74) is 3.61. The molecule has 1 heterocycles. The van der Waals surface area contributed by atoms with Crippen molar-refractivity contribution in [3.8, 4) is 5.75 Å². The molecule has 4 rings (SSSR count). The highest BCUT2D eigenvalue weighted by molar-refractivity contribution is 6.46. The maximum atomic E-state index is 13.2. The third-order valence-corrected chi connectivity index (χ3v) is 6.65. The van der Waals surface area contributed by atoms with Crippen molar-refractivity contribution in [3.63, 3.8) is 0 Å². The zero-order valence-corrected chi connectivity index (χ0v) is 19.1. The van der Waals surface area contributed by atoms with Crippen molar-refractivity contribution in [2.24, 2.45) is 0 Å². The standard InChI is InChI=1S/C27H31NO4/c1-4-18-10-12-19(13-11-18)24-23(26(30)27(31)28(24)21-8-6-7-9-21)25(29)20-14-15-22(32-5-2)17(3)16-20/h10-16,21,24,29H,4-9H2,1-3H3/b25-23-. The Morgan fingerprint density at radius 3 is 2.34 bits per heavy atom. The molecule has 5 heteroatoms. The molecule has 1 saturated heterocycles. The molecule has 5 nitrogen and oxygen atoms in total. The summed E-state index contributed by atoms with van der Waals surface area (Å²) < 4.78 is 5.60. The largest absolute Gasteiger partial charge is 0.507 e. The first-order valence-corrected chi connectivity index (χ1v) is 11.6. The van der Waals surface area contributed by atoms with Crippen molar-refractivity contribution in [2.75, 3.05) is 6.61 Å². The van der Waals surface area contributed by atoms with E-state index in [1.54, 1.807) is 23.1 Å². The van der Waals surface area contributed by atoms with Gasteiger partial charge in [-0.1, -0.05) is 44.0 Å². The number of ether oxygens (including phenoxy) is 1. The van der Waals surface area contributed by atoms with E-state index >= 15 is 0 Å². The molecule has 0 spiro atoms. The first kappa shape index (κ1) is 22.1. The Labute approximate surface area is 189 Å². The van der Waals surface area contributed by atoms with E-state index < -0.39 is 17.7 Å². The van der Waals surface area contributed by atoms with Gasteiger partial charge >= 0.3 is 0 Å². The average Bonchev–Trinajstić information content (AvgIpc) is 3.42. The van der Waals surface area contributed by atoms with Crippen LogP contribution < -0.4 is 4.74 Å². The first-order chi connectivity index (χ1) is 15.5. The van der Waals surface area contributed by atoms with Crippen LogP contribution in [0.4, 0.5) is 0 Å². The molecule has 1 saturated carbocycles. The summed E-state index contributed by atoms with van der Waals surface area (Å²) >= 11 is 0. The number of aryl methyl sites for hydroxylation is 2. The molecule has 1 aliphatic carbocycles. The molecule has 1 N–H and O–H groups in total. The van der Waals surface area contributed by atoms with Crippen molar-refractivity contribution in [1.29, 1.82) is 0 Å². The minimum absolute atomic E-state index is 0.0228. The van der Waals surface area contributed by atoms with Gasteiger partial charge in [-0.2, -0.15) is 0 Å². The van der Waals surface area contributed by atoms with Crippen molar-refractivity contribution in [1.82, 2.24) is 4.90 Å². The van der Waals surface area contributed by atoms with Gasteiger partial charge in [-0.15, -0.1) is 0 Å². The Bertz CT molecular complexity index is 1050. The summed E-state index contributed by atoms with van der Waals surface area (Å²) in [6, 6.07) is 12.8.